The van der Waals surface area contributed by atoms with Crippen molar-refractivity contribution in [3.63, 3.8) is 0 Å². The summed E-state index contributed by atoms with van der Waals surface area (Å²) in [6, 6.07) is 44.3. The summed E-state index contributed by atoms with van der Waals surface area (Å²) in [5.41, 5.74) is 0.197. The molecule has 11 fully saturated rings. The molecule has 16 rings (SSSR count). The molecule has 0 aromatic heterocycles. The number of carbonyl (C=O) groups excluding carboxylic acids is 3. The monoisotopic (exact) mass is 1260 g/mol. The van der Waals surface area contributed by atoms with E-state index in [1.165, 1.54) is 59.3 Å². The molecule has 89 heavy (non-hydrogen) atoms. The highest BCUT2D eigenvalue weighted by atomic mass is 32.2. The quantitative estimate of drug-likeness (QED) is 0.0282. The summed E-state index contributed by atoms with van der Waals surface area (Å²) < 4.78 is 101. The second kappa shape index (κ2) is 26.6. The van der Waals surface area contributed by atoms with Crippen LogP contribution in [0.2, 0.25) is 0 Å². The molecular weight excluding hydrogens is 1180 g/mol. The standard InChI is InChI=1S/C18H15S.C16H24O2.C14H12F4O.C13H18O3.C11H14O5S/c1-4-10-16(11-5-1)19(17-12-6-2-7-13-17)18-14-8-3-9-15-18;1-4-16(18-15(17)10(2)3)13-6-11-5-12(8-13)9-14(16)7-11;1-13(15,16)14(17,18)19-9-11-7-4-6-10-5-2-3-8-12(10)11;1-2-11(14)16-13-6-9-3-10(7-13)5-12(15,4-9)8-13;1-5(2)11(12)15-9-6-3-7-8(4-6)17(13,14)16-10(7)9/h1-15H;11-14H,2,4-9H2,1,3H3;2-8H,9H2,1H3;2,9-10,15H,1,3-8H2;6-10H,1,3-4H2,2H3/q+1;;;;. The van der Waals surface area contributed by atoms with Crippen LogP contribution in [0.25, 0.3) is 10.8 Å². The Hall–Kier alpha value is -6.11. The Morgan fingerprint density at radius 2 is 1.18 bits per heavy atom. The van der Waals surface area contributed by atoms with Crippen molar-refractivity contribution >= 4 is 49.7 Å². The van der Waals surface area contributed by atoms with Gasteiger partial charge in [-0.05, 0) is 186 Å². The van der Waals surface area contributed by atoms with E-state index in [9.17, 15) is 45.5 Å². The minimum Gasteiger partial charge on any atom is -0.456 e. The second-order valence-corrected chi connectivity index (χ2v) is 30.3. The number of benzene rings is 5. The van der Waals surface area contributed by atoms with E-state index in [0.29, 0.717) is 58.6 Å². The molecule has 1 heterocycles. The summed E-state index contributed by atoms with van der Waals surface area (Å²) in [7, 11) is -3.45. The van der Waals surface area contributed by atoms with Gasteiger partial charge in [-0.3, -0.25) is 4.18 Å². The van der Waals surface area contributed by atoms with Gasteiger partial charge in [0.2, 0.25) is 0 Å². The van der Waals surface area contributed by atoms with Crippen molar-refractivity contribution in [2.45, 2.75) is 185 Å². The number of hydrogen-bond donors (Lipinski definition) is 1. The predicted octanol–water partition coefficient (Wildman–Crippen LogP) is 15.5. The number of hydrogen-bond acceptors (Lipinski definition) is 11. The highest BCUT2D eigenvalue weighted by Crippen LogP contribution is 2.62. The maximum Gasteiger partial charge on any atom is 0.419 e. The topological polar surface area (TPSA) is 152 Å². The largest absolute Gasteiger partial charge is 0.456 e. The van der Waals surface area contributed by atoms with Gasteiger partial charge < -0.3 is 24.1 Å². The van der Waals surface area contributed by atoms with Crippen molar-refractivity contribution in [1.29, 1.82) is 0 Å². The molecular formula is C72H83F4O11S2+. The van der Waals surface area contributed by atoms with Crippen LogP contribution in [0.4, 0.5) is 17.6 Å². The Morgan fingerprint density at radius 3 is 1.67 bits per heavy atom. The van der Waals surface area contributed by atoms with Gasteiger partial charge in [0.25, 0.3) is 10.1 Å². The third-order valence-electron chi connectivity index (χ3n) is 19.9. The molecule has 476 valence electrons. The lowest BCUT2D eigenvalue weighted by Gasteiger charge is -2.60. The van der Waals surface area contributed by atoms with Crippen LogP contribution < -0.4 is 0 Å². The maximum absolute atomic E-state index is 13.0. The number of ether oxygens (including phenoxy) is 4. The van der Waals surface area contributed by atoms with E-state index >= 15 is 0 Å². The molecule has 10 bridgehead atoms. The number of halogens is 4. The van der Waals surface area contributed by atoms with E-state index in [4.69, 9.17) is 18.4 Å². The van der Waals surface area contributed by atoms with Crippen molar-refractivity contribution in [2.24, 2.45) is 47.3 Å². The first-order chi connectivity index (χ1) is 42.2. The molecule has 1 N–H and O–H groups in total. The van der Waals surface area contributed by atoms with Gasteiger partial charge in [0.15, 0.2) is 14.7 Å². The lowest BCUT2D eigenvalue weighted by atomic mass is 9.49. The molecule has 1 aliphatic heterocycles. The average Bonchev–Trinajstić information content (AvgIpc) is 1.71. The van der Waals surface area contributed by atoms with Gasteiger partial charge in [-0.1, -0.05) is 124 Å². The fraction of sp³-hybridized carbons (Fsp3) is 0.486. The predicted molar refractivity (Wildman–Crippen MR) is 334 cm³/mol. The fourth-order valence-electron chi connectivity index (χ4n) is 16.6. The SMILES string of the molecule is C=C(C)C(=O)OC1(CC)C2CC3CC(C2)CC1C3.C=C(C)C(=O)OC1C2CC3C1OS(=O)(=O)C3C2.C=CC(=O)OC12CC3CC(CC(O)(C3)C1)C2.CC(F)(F)C(F)(F)OCc1cccc2ccccc12.c1ccc([S+](c2ccccc2)c2ccccc2)cc1. The zero-order valence-electron chi connectivity index (χ0n) is 51.2. The number of alkyl halides is 4. The normalized spacial score (nSPS) is 31.5. The third kappa shape index (κ3) is 14.5. The van der Waals surface area contributed by atoms with Crippen LogP contribution in [0, 0.1) is 47.3 Å². The van der Waals surface area contributed by atoms with E-state index in [1.54, 1.807) is 38.1 Å². The Balaban J connectivity index is 0.000000123. The van der Waals surface area contributed by atoms with Crippen molar-refractivity contribution in [1.82, 2.24) is 0 Å². The van der Waals surface area contributed by atoms with Gasteiger partial charge in [-0.25, -0.2) is 14.4 Å². The second-order valence-electron chi connectivity index (χ2n) is 26.5. The van der Waals surface area contributed by atoms with Crippen LogP contribution in [-0.2, 0) is 65.1 Å². The van der Waals surface area contributed by atoms with E-state index in [2.05, 4.69) is 122 Å². The first-order valence-electron chi connectivity index (χ1n) is 31.2. The molecule has 5 aromatic rings. The molecule has 0 radical (unpaired) electrons. The smallest absolute Gasteiger partial charge is 0.419 e. The summed E-state index contributed by atoms with van der Waals surface area (Å²) >= 11 is 0. The number of esters is 3. The highest BCUT2D eigenvalue weighted by molar-refractivity contribution is 7.97. The van der Waals surface area contributed by atoms with Crippen molar-refractivity contribution in [3.8, 4) is 0 Å². The number of fused-ring (bicyclic) bond motifs is 2. The third-order valence-corrected chi connectivity index (χ3v) is 23.9. The molecule has 11 nitrogen and oxygen atoms in total. The molecule has 0 spiro atoms. The molecule has 5 aromatic carbocycles. The lowest BCUT2D eigenvalue weighted by Crippen LogP contribution is -2.60. The minimum atomic E-state index is -4.48. The summed E-state index contributed by atoms with van der Waals surface area (Å²) in [4.78, 5) is 38.9. The first kappa shape index (κ1) is 65.8. The lowest BCUT2D eigenvalue weighted by molar-refractivity contribution is -0.345. The van der Waals surface area contributed by atoms with Gasteiger partial charge in [0, 0.05) is 42.4 Å². The molecule has 10 aliphatic carbocycles. The summed E-state index contributed by atoms with van der Waals surface area (Å²) in [6.07, 6.45) is 10.2. The molecule has 17 heteroatoms. The zero-order chi connectivity index (χ0) is 63.7. The van der Waals surface area contributed by atoms with Gasteiger partial charge in [-0.15, -0.1) is 0 Å². The minimum absolute atomic E-state index is 0.00733. The van der Waals surface area contributed by atoms with Gasteiger partial charge in [-0.2, -0.15) is 26.0 Å². The average molecular weight is 1260 g/mol. The van der Waals surface area contributed by atoms with Gasteiger partial charge >= 0.3 is 29.9 Å². The van der Waals surface area contributed by atoms with Gasteiger partial charge in [0.1, 0.15) is 23.4 Å². The summed E-state index contributed by atoms with van der Waals surface area (Å²) in [5, 5.41) is 11.6. The molecule has 7 atom stereocenters. The summed E-state index contributed by atoms with van der Waals surface area (Å²) in [5.74, 6) is -0.925. The Labute approximate surface area is 524 Å². The van der Waals surface area contributed by atoms with E-state index in [0.717, 1.165) is 55.7 Å². The fourth-order valence-corrected chi connectivity index (χ4v) is 20.6. The maximum atomic E-state index is 13.0. The van der Waals surface area contributed by atoms with Crippen molar-refractivity contribution < 1.29 is 68.6 Å². The summed E-state index contributed by atoms with van der Waals surface area (Å²) in [6.45, 7) is 15.8. The number of carbonyl (C=O) groups is 3. The molecule has 0 amide bonds. The van der Waals surface area contributed by atoms with E-state index < -0.39 is 52.5 Å². The molecule has 10 saturated carbocycles. The van der Waals surface area contributed by atoms with Crippen LogP contribution in [0.5, 0.6) is 0 Å². The van der Waals surface area contributed by atoms with Crippen LogP contribution in [0.1, 0.15) is 123 Å². The number of aliphatic hydroxyl groups is 1. The van der Waals surface area contributed by atoms with Crippen LogP contribution >= 0.6 is 0 Å². The Bertz CT molecular complexity index is 3340. The zero-order valence-corrected chi connectivity index (χ0v) is 52.8. The van der Waals surface area contributed by atoms with Gasteiger partial charge in [0.05, 0.1) is 28.4 Å². The Morgan fingerprint density at radius 1 is 0.674 bits per heavy atom. The van der Waals surface area contributed by atoms with Crippen LogP contribution in [0.15, 0.2) is 185 Å². The van der Waals surface area contributed by atoms with Crippen molar-refractivity contribution in [3.05, 3.63) is 176 Å². The highest BCUT2D eigenvalue weighted by Gasteiger charge is 2.66. The molecule has 1 saturated heterocycles. The van der Waals surface area contributed by atoms with E-state index in [-0.39, 0.29) is 58.0 Å². The van der Waals surface area contributed by atoms with E-state index in [1.807, 2.05) is 18.2 Å². The first-order valence-corrected chi connectivity index (χ1v) is 33.9. The Kier molecular flexibility index (Phi) is 19.7. The van der Waals surface area contributed by atoms with Crippen LogP contribution in [-0.4, -0.2) is 77.7 Å². The molecule has 7 unspecified atom stereocenters. The number of rotatable bonds is 14. The van der Waals surface area contributed by atoms with Crippen LogP contribution in [0.3, 0.4) is 0 Å². The van der Waals surface area contributed by atoms with Crippen molar-refractivity contribution in [2.75, 3.05) is 0 Å². The molecule has 11 aliphatic rings.